The number of carboxylic acids is 1. The molecule has 0 aliphatic heterocycles. The van der Waals surface area contributed by atoms with Gasteiger partial charge in [0.1, 0.15) is 0 Å². The molecule has 18 heavy (non-hydrogen) atoms. The van der Waals surface area contributed by atoms with Gasteiger partial charge in [0.15, 0.2) is 0 Å². The number of rotatable bonds is 3. The van der Waals surface area contributed by atoms with Gasteiger partial charge in [0, 0.05) is 18.7 Å². The summed E-state index contributed by atoms with van der Waals surface area (Å²) in [6, 6.07) is 12.9. The highest BCUT2D eigenvalue weighted by molar-refractivity contribution is 9.10. The Hall–Kier alpha value is -0.780. The molecule has 0 amide bonds. The first-order valence-electron chi connectivity index (χ1n) is 5.03. The van der Waals surface area contributed by atoms with Crippen LogP contribution in [-0.2, 0) is 0 Å². The smallest absolute Gasteiger partial charge is 0.336 e. The molecule has 0 aliphatic carbocycles. The van der Waals surface area contributed by atoms with Crippen LogP contribution in [0.15, 0.2) is 61.2 Å². The predicted octanol–water partition coefficient (Wildman–Crippen LogP) is 5.06. The Morgan fingerprint density at radius 1 is 1.06 bits per heavy atom. The third-order valence-corrected chi connectivity index (χ3v) is 4.81. The molecule has 92 valence electrons. The van der Waals surface area contributed by atoms with Crippen LogP contribution in [0.25, 0.3) is 0 Å². The van der Waals surface area contributed by atoms with Crippen molar-refractivity contribution in [3.8, 4) is 0 Å². The Morgan fingerprint density at radius 3 is 2.44 bits per heavy atom. The van der Waals surface area contributed by atoms with Crippen molar-refractivity contribution in [2.24, 2.45) is 0 Å². The fourth-order valence-electron chi connectivity index (χ4n) is 1.40. The second-order valence-corrected chi connectivity index (χ2v) is 6.33. The van der Waals surface area contributed by atoms with Gasteiger partial charge >= 0.3 is 5.97 Å². The van der Waals surface area contributed by atoms with E-state index in [9.17, 15) is 4.79 Å². The largest absolute Gasteiger partial charge is 0.478 e. The fraction of sp³-hybridized carbons (Fsp3) is 0. The van der Waals surface area contributed by atoms with Crippen molar-refractivity contribution in [1.29, 1.82) is 0 Å². The van der Waals surface area contributed by atoms with Crippen LogP contribution in [0.3, 0.4) is 0 Å². The van der Waals surface area contributed by atoms with Gasteiger partial charge in [0.2, 0.25) is 0 Å². The number of carbonyl (C=O) groups is 1. The number of benzene rings is 2. The van der Waals surface area contributed by atoms with Crippen molar-refractivity contribution < 1.29 is 9.90 Å². The van der Waals surface area contributed by atoms with E-state index < -0.39 is 5.97 Å². The van der Waals surface area contributed by atoms with E-state index >= 15 is 0 Å². The molecule has 0 heterocycles. The topological polar surface area (TPSA) is 37.3 Å². The van der Waals surface area contributed by atoms with Gasteiger partial charge in [-0.2, -0.15) is 0 Å². The van der Waals surface area contributed by atoms with Crippen molar-refractivity contribution in [1.82, 2.24) is 0 Å². The average molecular weight is 388 g/mol. The lowest BCUT2D eigenvalue weighted by Gasteiger charge is -2.07. The molecule has 0 unspecified atom stereocenters. The standard InChI is InChI=1S/C13H8Br2O2S/c14-8-5-6-9(13(16)17)12(7-8)18-11-4-2-1-3-10(11)15/h1-7H,(H,16,17). The van der Waals surface area contributed by atoms with E-state index in [1.54, 1.807) is 12.1 Å². The number of aromatic carboxylic acids is 1. The van der Waals surface area contributed by atoms with Crippen LogP contribution in [0, 0.1) is 0 Å². The highest BCUT2D eigenvalue weighted by Crippen LogP contribution is 2.36. The van der Waals surface area contributed by atoms with Crippen LogP contribution in [-0.4, -0.2) is 11.1 Å². The Labute approximate surface area is 126 Å². The second kappa shape index (κ2) is 5.91. The molecule has 2 nitrogen and oxygen atoms in total. The first-order chi connectivity index (χ1) is 8.58. The summed E-state index contributed by atoms with van der Waals surface area (Å²) in [5.74, 6) is -0.919. The molecule has 2 aromatic carbocycles. The van der Waals surface area contributed by atoms with E-state index in [0.29, 0.717) is 10.5 Å². The first-order valence-corrected chi connectivity index (χ1v) is 7.43. The molecule has 0 spiro atoms. The second-order valence-electron chi connectivity index (χ2n) is 3.48. The minimum atomic E-state index is -0.919. The van der Waals surface area contributed by atoms with Crippen LogP contribution < -0.4 is 0 Å². The first kappa shape index (κ1) is 13.6. The van der Waals surface area contributed by atoms with Crippen molar-refractivity contribution in [3.63, 3.8) is 0 Å². The normalized spacial score (nSPS) is 10.3. The maximum absolute atomic E-state index is 11.2. The van der Waals surface area contributed by atoms with E-state index in [4.69, 9.17) is 5.11 Å². The molecule has 0 saturated carbocycles. The van der Waals surface area contributed by atoms with Crippen LogP contribution >= 0.6 is 43.6 Å². The van der Waals surface area contributed by atoms with E-state index in [1.165, 1.54) is 11.8 Å². The quantitative estimate of drug-likeness (QED) is 0.799. The lowest BCUT2D eigenvalue weighted by molar-refractivity contribution is 0.0693. The summed E-state index contributed by atoms with van der Waals surface area (Å²) < 4.78 is 1.81. The Morgan fingerprint density at radius 2 is 1.78 bits per heavy atom. The minimum Gasteiger partial charge on any atom is -0.478 e. The van der Waals surface area contributed by atoms with E-state index in [-0.39, 0.29) is 0 Å². The van der Waals surface area contributed by atoms with Gasteiger partial charge in [-0.3, -0.25) is 0 Å². The number of hydrogen-bond acceptors (Lipinski definition) is 2. The third kappa shape index (κ3) is 3.16. The molecular weight excluding hydrogens is 380 g/mol. The molecule has 2 rings (SSSR count). The molecule has 0 radical (unpaired) electrons. The summed E-state index contributed by atoms with van der Waals surface area (Å²) in [4.78, 5) is 12.9. The fourth-order valence-corrected chi connectivity index (χ4v) is 3.44. The zero-order valence-corrected chi connectivity index (χ0v) is 13.0. The maximum Gasteiger partial charge on any atom is 0.336 e. The third-order valence-electron chi connectivity index (χ3n) is 2.23. The SMILES string of the molecule is O=C(O)c1ccc(Br)cc1Sc1ccccc1Br. The summed E-state index contributed by atoms with van der Waals surface area (Å²) >= 11 is 8.24. The molecule has 2 aromatic rings. The highest BCUT2D eigenvalue weighted by atomic mass is 79.9. The van der Waals surface area contributed by atoms with Gasteiger partial charge in [0.05, 0.1) is 5.56 Å². The summed E-state index contributed by atoms with van der Waals surface area (Å²) in [6.07, 6.45) is 0. The number of carboxylic acid groups (broad SMARTS) is 1. The molecule has 5 heteroatoms. The highest BCUT2D eigenvalue weighted by Gasteiger charge is 2.12. The monoisotopic (exact) mass is 386 g/mol. The van der Waals surface area contributed by atoms with Crippen molar-refractivity contribution in [3.05, 3.63) is 57.0 Å². The Kier molecular flexibility index (Phi) is 4.48. The maximum atomic E-state index is 11.2. The molecule has 0 aromatic heterocycles. The summed E-state index contributed by atoms with van der Waals surface area (Å²) in [7, 11) is 0. The average Bonchev–Trinajstić information content (AvgIpc) is 2.32. The van der Waals surface area contributed by atoms with E-state index in [2.05, 4.69) is 31.9 Å². The van der Waals surface area contributed by atoms with Crippen molar-refractivity contribution in [2.75, 3.05) is 0 Å². The molecule has 1 N–H and O–H groups in total. The van der Waals surface area contributed by atoms with Crippen LogP contribution in [0.5, 0.6) is 0 Å². The van der Waals surface area contributed by atoms with E-state index in [0.717, 1.165) is 13.8 Å². The van der Waals surface area contributed by atoms with Gasteiger partial charge in [-0.1, -0.05) is 39.8 Å². The molecule has 0 fully saturated rings. The molecule has 0 atom stereocenters. The summed E-state index contributed by atoms with van der Waals surface area (Å²) in [5, 5.41) is 9.16. The van der Waals surface area contributed by atoms with Gasteiger partial charge in [0.25, 0.3) is 0 Å². The minimum absolute atomic E-state index is 0.305. The zero-order chi connectivity index (χ0) is 13.1. The summed E-state index contributed by atoms with van der Waals surface area (Å²) in [5.41, 5.74) is 0.305. The Balaban J connectivity index is 2.42. The van der Waals surface area contributed by atoms with E-state index in [1.807, 2.05) is 30.3 Å². The zero-order valence-electron chi connectivity index (χ0n) is 9.06. The number of hydrogen-bond donors (Lipinski definition) is 1. The molecule has 0 aliphatic rings. The molecular formula is C13H8Br2O2S. The van der Waals surface area contributed by atoms with Crippen molar-refractivity contribution >= 4 is 49.6 Å². The summed E-state index contributed by atoms with van der Waals surface area (Å²) in [6.45, 7) is 0. The number of halogens is 2. The van der Waals surface area contributed by atoms with Gasteiger partial charge < -0.3 is 5.11 Å². The molecule has 0 saturated heterocycles. The van der Waals surface area contributed by atoms with Gasteiger partial charge in [-0.25, -0.2) is 4.79 Å². The van der Waals surface area contributed by atoms with Crippen LogP contribution in [0.4, 0.5) is 0 Å². The van der Waals surface area contributed by atoms with Crippen molar-refractivity contribution in [2.45, 2.75) is 9.79 Å². The lowest BCUT2D eigenvalue weighted by Crippen LogP contribution is -1.98. The van der Waals surface area contributed by atoms with Crippen LogP contribution in [0.1, 0.15) is 10.4 Å². The van der Waals surface area contributed by atoms with Gasteiger partial charge in [-0.15, -0.1) is 0 Å². The Bertz CT molecular complexity index is 599. The predicted molar refractivity (Wildman–Crippen MR) is 79.4 cm³/mol. The van der Waals surface area contributed by atoms with Crippen LogP contribution in [0.2, 0.25) is 0 Å². The lowest BCUT2D eigenvalue weighted by atomic mass is 10.2. The van der Waals surface area contributed by atoms with Gasteiger partial charge in [-0.05, 0) is 46.3 Å². The molecule has 0 bridgehead atoms.